The van der Waals surface area contributed by atoms with Crippen molar-refractivity contribution < 1.29 is 5.11 Å². The molecule has 1 nitrogen and oxygen atoms in total. The lowest BCUT2D eigenvalue weighted by atomic mass is 9.35. The first-order chi connectivity index (χ1) is 14.3. The highest BCUT2D eigenvalue weighted by Gasteiger charge is 2.68. The second-order valence-corrected chi connectivity index (χ2v) is 14.3. The van der Waals surface area contributed by atoms with Crippen molar-refractivity contribution in [3.05, 3.63) is 11.6 Å². The minimum Gasteiger partial charge on any atom is -0.390 e. The summed E-state index contributed by atoms with van der Waals surface area (Å²) >= 11 is 0. The van der Waals surface area contributed by atoms with Crippen LogP contribution in [0, 0.1) is 45.3 Å². The summed E-state index contributed by atoms with van der Waals surface area (Å²) in [6.45, 7) is 19.7. The Bertz CT molecular complexity index is 712. The molecule has 0 spiro atoms. The van der Waals surface area contributed by atoms with E-state index in [1.165, 1.54) is 63.4 Å². The Kier molecular flexibility index (Phi) is 5.85. The van der Waals surface area contributed by atoms with Crippen molar-refractivity contribution in [3.63, 3.8) is 0 Å². The van der Waals surface area contributed by atoms with E-state index in [0.717, 1.165) is 24.7 Å². The third-order valence-electron chi connectivity index (χ3n) is 12.1. The summed E-state index contributed by atoms with van der Waals surface area (Å²) in [5.41, 5.74) is 2.73. The first-order valence-corrected chi connectivity index (χ1v) is 13.6. The Balaban J connectivity index is 1.61. The van der Waals surface area contributed by atoms with Gasteiger partial charge in [-0.25, -0.2) is 0 Å². The van der Waals surface area contributed by atoms with E-state index in [0.29, 0.717) is 33.5 Å². The fourth-order valence-corrected chi connectivity index (χ4v) is 10.4. The third-order valence-corrected chi connectivity index (χ3v) is 12.1. The molecule has 0 heterocycles. The molecule has 4 aliphatic carbocycles. The van der Waals surface area contributed by atoms with Crippen molar-refractivity contribution in [2.45, 2.75) is 132 Å². The average molecular weight is 429 g/mol. The van der Waals surface area contributed by atoms with Gasteiger partial charge in [0.15, 0.2) is 0 Å². The van der Waals surface area contributed by atoms with Crippen molar-refractivity contribution in [2.24, 2.45) is 45.3 Å². The summed E-state index contributed by atoms with van der Waals surface area (Å²) in [6.07, 6.45) is 16.7. The summed E-state index contributed by atoms with van der Waals surface area (Å²) in [5.74, 6) is 2.95. The molecule has 0 amide bonds. The summed E-state index contributed by atoms with van der Waals surface area (Å²) < 4.78 is 0. The fraction of sp³-hybridized carbons (Fsp3) is 0.933. The van der Waals surface area contributed by atoms with E-state index in [9.17, 15) is 5.11 Å². The molecule has 0 aromatic rings. The Morgan fingerprint density at radius 1 is 0.871 bits per heavy atom. The maximum Gasteiger partial charge on any atom is 0.0653 e. The second kappa shape index (κ2) is 7.61. The predicted molar refractivity (Wildman–Crippen MR) is 133 cm³/mol. The van der Waals surface area contributed by atoms with Crippen LogP contribution in [-0.2, 0) is 0 Å². The van der Waals surface area contributed by atoms with Crippen molar-refractivity contribution in [3.8, 4) is 0 Å². The van der Waals surface area contributed by atoms with Crippen LogP contribution < -0.4 is 0 Å². The van der Waals surface area contributed by atoms with Gasteiger partial charge in [0, 0.05) is 0 Å². The molecule has 1 N–H and O–H groups in total. The number of allylic oxidation sites excluding steroid dienone is 2. The number of rotatable bonds is 4. The minimum atomic E-state index is -0.522. The van der Waals surface area contributed by atoms with Crippen LogP contribution in [0.2, 0.25) is 0 Å². The van der Waals surface area contributed by atoms with Gasteiger partial charge in [0.1, 0.15) is 0 Å². The van der Waals surface area contributed by atoms with Crippen molar-refractivity contribution in [2.75, 3.05) is 0 Å². The summed E-state index contributed by atoms with van der Waals surface area (Å²) in [6, 6.07) is 0. The molecular formula is C30H52O. The molecular weight excluding hydrogens is 376 g/mol. The molecule has 0 saturated heterocycles. The normalized spacial score (nSPS) is 48.2. The molecule has 1 heteroatoms. The van der Waals surface area contributed by atoms with E-state index in [2.05, 4.69) is 61.5 Å². The van der Waals surface area contributed by atoms with Gasteiger partial charge in [-0.2, -0.15) is 0 Å². The molecule has 4 fully saturated rings. The number of hydrogen-bond donors (Lipinski definition) is 1. The van der Waals surface area contributed by atoms with Gasteiger partial charge in [-0.05, 0) is 130 Å². The molecule has 0 aliphatic heterocycles. The summed E-state index contributed by atoms with van der Waals surface area (Å²) in [5, 5.41) is 11.6. The van der Waals surface area contributed by atoms with Crippen molar-refractivity contribution in [1.82, 2.24) is 0 Å². The lowest BCUT2D eigenvalue weighted by Crippen LogP contribution is -2.62. The highest BCUT2D eigenvalue weighted by Crippen LogP contribution is 2.75. The van der Waals surface area contributed by atoms with Crippen LogP contribution in [0.3, 0.4) is 0 Å². The Labute approximate surface area is 193 Å². The third kappa shape index (κ3) is 3.50. The molecule has 0 aromatic heterocycles. The standard InChI is InChI=1S/C30H52O/c1-21(2)11-9-18-30(8,31)23-14-19-28(6)22(23)12-13-25-27(5)17-10-16-26(3,4)24(27)15-20-29(25,28)7/h11,22-25,31H,9-10,12-20H2,1-8H3. The quantitative estimate of drug-likeness (QED) is 0.445. The van der Waals surface area contributed by atoms with Crippen LogP contribution in [0.4, 0.5) is 0 Å². The maximum absolute atomic E-state index is 11.6. The van der Waals surface area contributed by atoms with Crippen LogP contribution in [0.5, 0.6) is 0 Å². The molecule has 8 unspecified atom stereocenters. The van der Waals surface area contributed by atoms with Gasteiger partial charge in [-0.3, -0.25) is 0 Å². The van der Waals surface area contributed by atoms with Crippen LogP contribution >= 0.6 is 0 Å². The molecule has 8 atom stereocenters. The molecule has 0 bridgehead atoms. The molecule has 31 heavy (non-hydrogen) atoms. The number of aliphatic hydroxyl groups is 1. The van der Waals surface area contributed by atoms with E-state index < -0.39 is 5.60 Å². The molecule has 4 aliphatic rings. The monoisotopic (exact) mass is 428 g/mol. The fourth-order valence-electron chi connectivity index (χ4n) is 10.4. The Morgan fingerprint density at radius 3 is 2.23 bits per heavy atom. The average Bonchev–Trinajstić information content (AvgIpc) is 3.00. The van der Waals surface area contributed by atoms with Crippen molar-refractivity contribution in [1.29, 1.82) is 0 Å². The molecule has 178 valence electrons. The highest BCUT2D eigenvalue weighted by atomic mass is 16.3. The van der Waals surface area contributed by atoms with Gasteiger partial charge in [0.05, 0.1) is 5.60 Å². The Hall–Kier alpha value is -0.300. The van der Waals surface area contributed by atoms with Gasteiger partial charge in [-0.1, -0.05) is 52.7 Å². The van der Waals surface area contributed by atoms with E-state index in [-0.39, 0.29) is 0 Å². The number of fused-ring (bicyclic) bond motifs is 5. The zero-order valence-corrected chi connectivity index (χ0v) is 22.1. The number of hydrogen-bond acceptors (Lipinski definition) is 1. The molecule has 4 rings (SSSR count). The van der Waals surface area contributed by atoms with E-state index in [4.69, 9.17) is 0 Å². The van der Waals surface area contributed by atoms with E-state index >= 15 is 0 Å². The van der Waals surface area contributed by atoms with Gasteiger partial charge < -0.3 is 5.11 Å². The predicted octanol–water partition coefficient (Wildman–Crippen LogP) is 8.56. The zero-order valence-electron chi connectivity index (χ0n) is 22.1. The molecule has 0 radical (unpaired) electrons. The maximum atomic E-state index is 11.6. The SMILES string of the molecule is CC(C)=CCCC(C)(O)C1CCC2(C)C1CCC1C3(C)CCCC(C)(C)C3CCC12C. The first-order valence-electron chi connectivity index (χ1n) is 13.6. The topological polar surface area (TPSA) is 20.2 Å². The summed E-state index contributed by atoms with van der Waals surface area (Å²) in [4.78, 5) is 0. The van der Waals surface area contributed by atoms with Crippen LogP contribution in [0.1, 0.15) is 126 Å². The largest absolute Gasteiger partial charge is 0.390 e. The van der Waals surface area contributed by atoms with Crippen LogP contribution in [0.15, 0.2) is 11.6 Å². The van der Waals surface area contributed by atoms with Crippen LogP contribution in [0.25, 0.3) is 0 Å². The smallest absolute Gasteiger partial charge is 0.0653 e. The molecule has 0 aromatic carbocycles. The second-order valence-electron chi connectivity index (χ2n) is 14.3. The highest BCUT2D eigenvalue weighted by molar-refractivity contribution is 5.17. The van der Waals surface area contributed by atoms with Gasteiger partial charge in [0.2, 0.25) is 0 Å². The van der Waals surface area contributed by atoms with Gasteiger partial charge in [-0.15, -0.1) is 0 Å². The minimum absolute atomic E-state index is 0.399. The lowest BCUT2D eigenvalue weighted by Gasteiger charge is -2.69. The zero-order chi connectivity index (χ0) is 22.9. The first kappa shape index (κ1) is 23.8. The van der Waals surface area contributed by atoms with Crippen LogP contribution in [-0.4, -0.2) is 10.7 Å². The van der Waals surface area contributed by atoms with Gasteiger partial charge in [0.25, 0.3) is 0 Å². The van der Waals surface area contributed by atoms with E-state index in [1.807, 2.05) is 0 Å². The van der Waals surface area contributed by atoms with Gasteiger partial charge >= 0.3 is 0 Å². The lowest BCUT2D eigenvalue weighted by molar-refractivity contribution is -0.208. The van der Waals surface area contributed by atoms with E-state index in [1.54, 1.807) is 0 Å². The van der Waals surface area contributed by atoms with Crippen molar-refractivity contribution >= 4 is 0 Å². The summed E-state index contributed by atoms with van der Waals surface area (Å²) in [7, 11) is 0. The molecule has 4 saturated carbocycles. The Morgan fingerprint density at radius 2 is 1.55 bits per heavy atom.